The molecule has 0 aromatic carbocycles. The first-order valence-electron chi connectivity index (χ1n) is 8.47. The predicted molar refractivity (Wildman–Crippen MR) is 81.8 cm³/mol. The molecular formula is C16H31N3O. The molecule has 4 heteroatoms. The van der Waals surface area contributed by atoms with Gasteiger partial charge in [0.15, 0.2) is 0 Å². The van der Waals surface area contributed by atoms with Crippen LogP contribution in [0.2, 0.25) is 0 Å². The molecule has 0 spiro atoms. The molecule has 2 bridgehead atoms. The predicted octanol–water partition coefficient (Wildman–Crippen LogP) is 1.44. The van der Waals surface area contributed by atoms with Gasteiger partial charge in [-0.1, -0.05) is 0 Å². The standard InChI is InChI=1S/C16H31N3O/c1-13(2)18-8-3-6-16(12-17,7-9-18)19-10-14-4-5-15(11-19)20-14/h13-15H,3-12,17H2,1-2H3. The van der Waals surface area contributed by atoms with Gasteiger partial charge in [0, 0.05) is 37.8 Å². The Balaban J connectivity index is 1.70. The van der Waals surface area contributed by atoms with Gasteiger partial charge >= 0.3 is 0 Å². The zero-order chi connectivity index (χ0) is 14.2. The molecule has 0 amide bonds. The van der Waals surface area contributed by atoms with E-state index in [9.17, 15) is 0 Å². The van der Waals surface area contributed by atoms with Gasteiger partial charge in [0.05, 0.1) is 12.2 Å². The molecule has 3 unspecified atom stereocenters. The van der Waals surface area contributed by atoms with Crippen molar-refractivity contribution in [2.75, 3.05) is 32.7 Å². The van der Waals surface area contributed by atoms with E-state index in [0.29, 0.717) is 18.2 Å². The summed E-state index contributed by atoms with van der Waals surface area (Å²) in [6, 6.07) is 0.657. The van der Waals surface area contributed by atoms with Crippen LogP contribution in [0.4, 0.5) is 0 Å². The van der Waals surface area contributed by atoms with E-state index in [-0.39, 0.29) is 5.54 Å². The van der Waals surface area contributed by atoms with Crippen LogP contribution in [0, 0.1) is 0 Å². The molecule has 4 nitrogen and oxygen atoms in total. The monoisotopic (exact) mass is 281 g/mol. The summed E-state index contributed by atoms with van der Waals surface area (Å²) in [6.07, 6.45) is 7.21. The van der Waals surface area contributed by atoms with Gasteiger partial charge in [-0.25, -0.2) is 0 Å². The molecule has 3 aliphatic rings. The van der Waals surface area contributed by atoms with Gasteiger partial charge in [-0.2, -0.15) is 0 Å². The first-order valence-corrected chi connectivity index (χ1v) is 8.47. The van der Waals surface area contributed by atoms with Crippen molar-refractivity contribution in [3.8, 4) is 0 Å². The van der Waals surface area contributed by atoms with Crippen molar-refractivity contribution in [3.05, 3.63) is 0 Å². The minimum Gasteiger partial charge on any atom is -0.372 e. The first kappa shape index (κ1) is 14.8. The molecule has 3 heterocycles. The minimum absolute atomic E-state index is 0.230. The third kappa shape index (κ3) is 2.76. The van der Waals surface area contributed by atoms with E-state index in [0.717, 1.165) is 19.6 Å². The molecular weight excluding hydrogens is 250 g/mol. The summed E-state index contributed by atoms with van der Waals surface area (Å²) in [7, 11) is 0. The van der Waals surface area contributed by atoms with E-state index in [2.05, 4.69) is 23.6 Å². The maximum absolute atomic E-state index is 6.27. The molecule has 0 aliphatic carbocycles. The third-order valence-electron chi connectivity index (χ3n) is 5.78. The minimum atomic E-state index is 0.230. The molecule has 3 rings (SSSR count). The lowest BCUT2D eigenvalue weighted by atomic mass is 9.87. The van der Waals surface area contributed by atoms with Crippen molar-refractivity contribution < 1.29 is 4.74 Å². The van der Waals surface area contributed by atoms with E-state index in [1.165, 1.54) is 45.2 Å². The Morgan fingerprint density at radius 1 is 1.15 bits per heavy atom. The van der Waals surface area contributed by atoms with Crippen molar-refractivity contribution in [3.63, 3.8) is 0 Å². The van der Waals surface area contributed by atoms with Crippen molar-refractivity contribution in [1.29, 1.82) is 0 Å². The topological polar surface area (TPSA) is 41.7 Å². The molecule has 3 saturated heterocycles. The summed E-state index contributed by atoms with van der Waals surface area (Å²) in [4.78, 5) is 5.31. The number of fused-ring (bicyclic) bond motifs is 2. The lowest BCUT2D eigenvalue weighted by Crippen LogP contribution is -2.59. The number of hydrogen-bond donors (Lipinski definition) is 1. The number of ether oxygens (including phenoxy) is 1. The summed E-state index contributed by atoms with van der Waals surface area (Å²) < 4.78 is 6.01. The largest absolute Gasteiger partial charge is 0.372 e. The Labute approximate surface area is 123 Å². The van der Waals surface area contributed by atoms with E-state index in [1.54, 1.807) is 0 Å². The zero-order valence-electron chi connectivity index (χ0n) is 13.2. The maximum Gasteiger partial charge on any atom is 0.0707 e. The van der Waals surface area contributed by atoms with Gasteiger partial charge in [-0.15, -0.1) is 0 Å². The van der Waals surface area contributed by atoms with E-state index >= 15 is 0 Å². The van der Waals surface area contributed by atoms with Gasteiger partial charge in [-0.05, 0) is 52.5 Å². The lowest BCUT2D eigenvalue weighted by Gasteiger charge is -2.47. The molecule has 3 aliphatic heterocycles. The van der Waals surface area contributed by atoms with Gasteiger partial charge in [0.2, 0.25) is 0 Å². The normalized spacial score (nSPS) is 40.2. The summed E-state index contributed by atoms with van der Waals surface area (Å²) >= 11 is 0. The average molecular weight is 281 g/mol. The molecule has 2 N–H and O–H groups in total. The molecule has 0 aromatic heterocycles. The number of nitrogens with two attached hydrogens (primary N) is 1. The van der Waals surface area contributed by atoms with Crippen molar-refractivity contribution in [1.82, 2.24) is 9.80 Å². The second-order valence-electron chi connectivity index (χ2n) is 7.27. The summed E-state index contributed by atoms with van der Waals surface area (Å²) in [5, 5.41) is 0. The molecule has 3 atom stereocenters. The van der Waals surface area contributed by atoms with Crippen LogP contribution in [-0.2, 0) is 4.74 Å². The van der Waals surface area contributed by atoms with Gasteiger partial charge in [0.25, 0.3) is 0 Å². The van der Waals surface area contributed by atoms with Crippen molar-refractivity contribution in [2.45, 2.75) is 69.7 Å². The van der Waals surface area contributed by atoms with E-state index < -0.39 is 0 Å². The molecule has 0 radical (unpaired) electrons. The van der Waals surface area contributed by atoms with Crippen molar-refractivity contribution in [2.24, 2.45) is 5.73 Å². The molecule has 116 valence electrons. The Hall–Kier alpha value is -0.160. The van der Waals surface area contributed by atoms with Crippen LogP contribution in [0.25, 0.3) is 0 Å². The number of hydrogen-bond acceptors (Lipinski definition) is 4. The number of likely N-dealkylation sites (tertiary alicyclic amines) is 2. The Bertz CT molecular complexity index is 324. The molecule has 3 fully saturated rings. The Morgan fingerprint density at radius 2 is 1.85 bits per heavy atom. The van der Waals surface area contributed by atoms with Gasteiger partial charge in [0.1, 0.15) is 0 Å². The van der Waals surface area contributed by atoms with Crippen LogP contribution in [0.3, 0.4) is 0 Å². The maximum atomic E-state index is 6.27. The Kier molecular flexibility index (Phi) is 4.37. The lowest BCUT2D eigenvalue weighted by molar-refractivity contribution is -0.0803. The summed E-state index contributed by atoms with van der Waals surface area (Å²) in [5.41, 5.74) is 6.50. The second-order valence-corrected chi connectivity index (χ2v) is 7.27. The highest BCUT2D eigenvalue weighted by Gasteiger charge is 2.44. The number of morpholine rings is 1. The second kappa shape index (κ2) is 5.91. The van der Waals surface area contributed by atoms with Crippen LogP contribution < -0.4 is 5.73 Å². The number of rotatable bonds is 3. The Morgan fingerprint density at radius 3 is 2.45 bits per heavy atom. The van der Waals surface area contributed by atoms with Crippen LogP contribution in [0.5, 0.6) is 0 Å². The third-order valence-corrected chi connectivity index (χ3v) is 5.78. The number of nitrogens with zero attached hydrogens (tertiary/aromatic N) is 2. The fraction of sp³-hybridized carbons (Fsp3) is 1.00. The SMILES string of the molecule is CC(C)N1CCCC(CN)(N2CC3CCC(C2)O3)CC1. The molecule has 0 saturated carbocycles. The van der Waals surface area contributed by atoms with Crippen LogP contribution in [0.1, 0.15) is 46.0 Å². The highest BCUT2D eigenvalue weighted by atomic mass is 16.5. The highest BCUT2D eigenvalue weighted by Crippen LogP contribution is 2.35. The van der Waals surface area contributed by atoms with Gasteiger partial charge in [-0.3, -0.25) is 4.90 Å². The van der Waals surface area contributed by atoms with E-state index in [4.69, 9.17) is 10.5 Å². The molecule has 0 aromatic rings. The zero-order valence-corrected chi connectivity index (χ0v) is 13.2. The van der Waals surface area contributed by atoms with Crippen LogP contribution >= 0.6 is 0 Å². The smallest absolute Gasteiger partial charge is 0.0707 e. The van der Waals surface area contributed by atoms with Gasteiger partial charge < -0.3 is 15.4 Å². The summed E-state index contributed by atoms with van der Waals surface area (Å²) in [5.74, 6) is 0. The average Bonchev–Trinajstić information content (AvgIpc) is 2.67. The first-order chi connectivity index (χ1) is 9.63. The van der Waals surface area contributed by atoms with E-state index in [1.807, 2.05) is 0 Å². The fourth-order valence-electron chi connectivity index (χ4n) is 4.37. The highest BCUT2D eigenvalue weighted by molar-refractivity contribution is 4.99. The van der Waals surface area contributed by atoms with Crippen LogP contribution in [0.15, 0.2) is 0 Å². The fourth-order valence-corrected chi connectivity index (χ4v) is 4.37. The summed E-state index contributed by atoms with van der Waals surface area (Å²) in [6.45, 7) is 10.1. The molecule has 20 heavy (non-hydrogen) atoms. The van der Waals surface area contributed by atoms with Crippen LogP contribution in [-0.4, -0.2) is 66.3 Å². The van der Waals surface area contributed by atoms with Crippen molar-refractivity contribution >= 4 is 0 Å². The quantitative estimate of drug-likeness (QED) is 0.850.